The van der Waals surface area contributed by atoms with Gasteiger partial charge in [0.25, 0.3) is 5.22 Å². The molecule has 1 aliphatic carbocycles. The van der Waals surface area contributed by atoms with E-state index in [-0.39, 0.29) is 91.3 Å². The van der Waals surface area contributed by atoms with E-state index in [9.17, 15) is 27.6 Å². The van der Waals surface area contributed by atoms with E-state index in [4.69, 9.17) is 14.4 Å². The van der Waals surface area contributed by atoms with Crippen LogP contribution in [0.4, 0.5) is 0 Å². The van der Waals surface area contributed by atoms with Crippen molar-refractivity contribution in [3.63, 3.8) is 0 Å². The Balaban J connectivity index is 0. The van der Waals surface area contributed by atoms with Gasteiger partial charge in [0.2, 0.25) is 17.7 Å². The van der Waals surface area contributed by atoms with Gasteiger partial charge in [-0.1, -0.05) is 274 Å². The third kappa shape index (κ3) is 52.6. The lowest BCUT2D eigenvalue weighted by atomic mass is 9.76. The monoisotopic (exact) mass is 1780 g/mol. The Morgan fingerprint density at radius 3 is 1.44 bits per heavy atom. The molecule has 119 heavy (non-hydrogen) atoms. The molecule has 2 amide bonds. The fraction of sp³-hybridized carbons (Fsp3) is 0.819. The first kappa shape index (κ1) is 117. The summed E-state index contributed by atoms with van der Waals surface area (Å²) in [6, 6.07) is 8.32. The van der Waals surface area contributed by atoms with Gasteiger partial charge in [-0.3, -0.25) is 24.1 Å². The standard InChI is InChI=1S/C16H22N2OS.C15H27N3.C13H24O3S.C12H21NO2S.C10H19N3.C10H22O2S2.C9H19NO.C9H20S/c1-15(2,3)12-9-7-11(8-10-12)13-17-18-14(19-13)20-16(4,5)6;1-14(2,3)11-9-7-8-10-12-13(11)16-17-18(12)15(4,5)6;1-12(2,3)7-10(14)9(11(15)16)8-17-13(4,5)6;1-11(2,3)13-9(14)7-8(10(13)15)16-12(4,5)6;1-9(2,3)8-7-13(12-11-8)10(4,5)6;1-9(2,3)13-7-8-14(11,12)10(4,5)6;1-8(2,3)7-10-11-9(4,5)6;1-8(2,3)7-10-9(4,5)6/h7-10H,1-6H3;11H,7-10H2,1-6H3;9H,7-8H2,1-6H3,(H,15,16);8H,7H2,1-6H3;7H,1-6H3;7-8H2,1-6H3;7H,1-6H3;7H2,1-6H3/b;;;;;;10-7+;. The second-order valence-corrected chi connectivity index (χ2v) is 60.1. The molecule has 3 atom stereocenters. The minimum absolute atomic E-state index is 0.00843. The highest BCUT2D eigenvalue weighted by Crippen LogP contribution is 2.43. The van der Waals surface area contributed by atoms with Gasteiger partial charge in [0, 0.05) is 88.3 Å². The number of oxime groups is 1. The van der Waals surface area contributed by atoms with Crippen LogP contribution in [0, 0.1) is 27.6 Å². The predicted octanol–water partition coefficient (Wildman–Crippen LogP) is 25.9. The summed E-state index contributed by atoms with van der Waals surface area (Å²) in [4.78, 5) is 53.6. The normalized spacial score (nSPS) is 16.2. The number of hydrogen-bond acceptors (Lipinski definition) is 20. The number of carbonyl (C=O) groups excluding carboxylic acids is 3. The molecule has 0 saturated carbocycles. The van der Waals surface area contributed by atoms with Crippen molar-refractivity contribution in [2.45, 2.75) is 449 Å². The fourth-order valence-electron chi connectivity index (χ4n) is 10.3. The van der Waals surface area contributed by atoms with Crippen molar-refractivity contribution < 1.29 is 42.0 Å². The number of ketones is 1. The summed E-state index contributed by atoms with van der Waals surface area (Å²) in [7, 11) is -2.94. The molecule has 19 nitrogen and oxygen atoms in total. The molecule has 1 N–H and O–H groups in total. The molecule has 690 valence electrons. The molecule has 1 aromatic carbocycles. The van der Waals surface area contributed by atoms with Gasteiger partial charge in [0.1, 0.15) is 17.3 Å². The number of carboxylic acids is 1. The summed E-state index contributed by atoms with van der Waals surface area (Å²) < 4.78 is 33.2. The van der Waals surface area contributed by atoms with Crippen LogP contribution in [0.3, 0.4) is 0 Å². The van der Waals surface area contributed by atoms with Crippen LogP contribution >= 0.6 is 58.8 Å². The number of Topliss-reactive ketones (excluding diaryl/α,β-unsaturated/α-hetero) is 1. The lowest BCUT2D eigenvalue weighted by molar-refractivity contribution is -0.146. The smallest absolute Gasteiger partial charge is 0.314 e. The highest BCUT2D eigenvalue weighted by Gasteiger charge is 2.46. The molecule has 1 saturated heterocycles. The lowest BCUT2D eigenvalue weighted by Crippen LogP contribution is -2.46. The zero-order chi connectivity index (χ0) is 94.5. The molecule has 0 bridgehead atoms. The number of carboxylic acid groups (broad SMARTS) is 1. The first-order valence-corrected chi connectivity index (χ1v) is 48.9. The number of imide groups is 1. The molecule has 4 aromatic rings. The Morgan fingerprint density at radius 1 is 0.588 bits per heavy atom. The summed E-state index contributed by atoms with van der Waals surface area (Å²) in [5.74, 6) is 1.57. The number of fused-ring (bicyclic) bond motifs is 1. The number of sulfone groups is 1. The number of amides is 2. The highest BCUT2D eigenvalue weighted by molar-refractivity contribution is 8.02. The second kappa shape index (κ2) is 45.5. The van der Waals surface area contributed by atoms with Crippen molar-refractivity contribution >= 4 is 98.4 Å². The quantitative estimate of drug-likeness (QED) is 0.0326. The largest absolute Gasteiger partial charge is 0.481 e. The van der Waals surface area contributed by atoms with Gasteiger partial charge in [0.05, 0.1) is 43.9 Å². The van der Waals surface area contributed by atoms with E-state index in [1.807, 2.05) is 124 Å². The molecule has 3 unspecified atom stereocenters. The topological polar surface area (TPSA) is 248 Å². The third-order valence-electron chi connectivity index (χ3n) is 16.6. The van der Waals surface area contributed by atoms with Crippen LogP contribution in [0.15, 0.2) is 45.3 Å². The molecule has 1 aliphatic heterocycles. The molecule has 2 aliphatic rings. The summed E-state index contributed by atoms with van der Waals surface area (Å²) in [6.45, 7) is 101. The molecule has 6 rings (SSSR count). The minimum Gasteiger partial charge on any atom is -0.481 e. The molecular formula is C94H174N10O9S6. The highest BCUT2D eigenvalue weighted by atomic mass is 32.2. The Kier molecular flexibility index (Phi) is 44.8. The predicted molar refractivity (Wildman–Crippen MR) is 519 cm³/mol. The molecule has 3 aromatic heterocycles. The average Bonchev–Trinajstić information content (AvgIpc) is 1.64. The van der Waals surface area contributed by atoms with Gasteiger partial charge in [-0.25, -0.2) is 17.8 Å². The number of likely N-dealkylation sites (tertiary alicyclic amines) is 1. The summed E-state index contributed by atoms with van der Waals surface area (Å²) in [6.07, 6.45) is 9.46. The molecular weight excluding hydrogens is 1610 g/mol. The van der Waals surface area contributed by atoms with Crippen LogP contribution in [0.25, 0.3) is 11.5 Å². The number of aliphatic carboxylic acids is 1. The summed E-state index contributed by atoms with van der Waals surface area (Å²) in [5.41, 5.74) is 6.35. The zero-order valence-electron chi connectivity index (χ0n) is 84.4. The Morgan fingerprint density at radius 2 is 1.09 bits per heavy atom. The SMILES string of the molecule is CC(C)(C)/C=N/OC(C)(C)C.CC(C)(C)C1CCCCc2c1nnn2C(C)(C)C.CC(C)(C)CC(=O)C(CSC(C)(C)C)C(=O)O.CC(C)(C)CSC(C)(C)C.CC(C)(C)SC1CC(=O)N(C(C)(C)C)C1=O.CC(C)(C)SCCS(=O)(=O)C(C)(C)C.CC(C)(C)Sc1nnc(-c2ccc(C(C)(C)C)cc2)o1.CC(C)(C)c1cn(C(C)(C)C)nn1. The van der Waals surface area contributed by atoms with Gasteiger partial charge in [-0.2, -0.15) is 35.3 Å². The lowest BCUT2D eigenvalue weighted by Gasteiger charge is -2.30. The zero-order valence-corrected chi connectivity index (χ0v) is 89.3. The van der Waals surface area contributed by atoms with Crippen LogP contribution in [-0.4, -0.2) is 156 Å². The average molecular weight is 1780 g/mol. The van der Waals surface area contributed by atoms with Crippen molar-refractivity contribution in [2.24, 2.45) is 32.7 Å². The Hall–Kier alpha value is -3.91. The van der Waals surface area contributed by atoms with Gasteiger partial charge >= 0.3 is 5.97 Å². The fourth-order valence-corrected chi connectivity index (χ4v) is 16.6. The van der Waals surface area contributed by atoms with Crippen LogP contribution in [0.1, 0.15) is 393 Å². The number of rotatable bonds is 13. The molecule has 25 heteroatoms. The van der Waals surface area contributed by atoms with Gasteiger partial charge < -0.3 is 14.4 Å². The van der Waals surface area contributed by atoms with Gasteiger partial charge in [0.15, 0.2) is 9.84 Å². The van der Waals surface area contributed by atoms with E-state index in [1.165, 1.54) is 58.6 Å². The molecule has 0 radical (unpaired) electrons. The van der Waals surface area contributed by atoms with E-state index >= 15 is 0 Å². The number of carbonyl (C=O) groups is 4. The number of aromatic nitrogens is 8. The van der Waals surface area contributed by atoms with Crippen molar-refractivity contribution in [3.05, 3.63) is 53.1 Å². The second-order valence-electron chi connectivity index (χ2n) is 47.9. The minimum atomic E-state index is -2.94. The number of benzene rings is 1. The van der Waals surface area contributed by atoms with Crippen LogP contribution < -0.4 is 0 Å². The summed E-state index contributed by atoms with van der Waals surface area (Å²) >= 11 is 8.43. The van der Waals surface area contributed by atoms with Crippen LogP contribution in [0.2, 0.25) is 0 Å². The van der Waals surface area contributed by atoms with Gasteiger partial charge in [-0.15, -0.1) is 32.2 Å². The van der Waals surface area contributed by atoms with Crippen LogP contribution in [0.5, 0.6) is 0 Å². The van der Waals surface area contributed by atoms with Crippen molar-refractivity contribution in [3.8, 4) is 11.5 Å². The van der Waals surface area contributed by atoms with Crippen molar-refractivity contribution in [1.29, 1.82) is 0 Å². The maximum atomic E-state index is 12.1. The first-order chi connectivity index (χ1) is 52.4. The van der Waals surface area contributed by atoms with Crippen LogP contribution in [-0.2, 0) is 62.2 Å². The molecule has 1 fully saturated rings. The maximum Gasteiger partial charge on any atom is 0.314 e. The summed E-state index contributed by atoms with van der Waals surface area (Å²) in [5, 5.41) is 38.9. The van der Waals surface area contributed by atoms with Crippen molar-refractivity contribution in [2.75, 3.05) is 23.0 Å². The molecule has 4 heterocycles. The number of nitrogens with zero attached hydrogens (tertiary/aromatic N) is 10. The Bertz CT molecular complexity index is 3790. The van der Waals surface area contributed by atoms with E-state index in [0.29, 0.717) is 51.5 Å². The van der Waals surface area contributed by atoms with E-state index in [0.717, 1.165) is 17.7 Å². The Labute approximate surface area is 749 Å². The van der Waals surface area contributed by atoms with E-state index in [2.05, 4.69) is 281 Å². The maximum absolute atomic E-state index is 12.1. The van der Waals surface area contributed by atoms with E-state index < -0.39 is 32.0 Å². The number of thioether (sulfide) groups is 5. The van der Waals surface area contributed by atoms with E-state index in [1.54, 1.807) is 56.1 Å². The number of hydrogen-bond donors (Lipinski definition) is 1. The third-order valence-corrected chi connectivity index (χ3v) is 26.3. The molecule has 0 spiro atoms. The first-order valence-electron chi connectivity index (χ1n) is 42.6. The van der Waals surface area contributed by atoms with Gasteiger partial charge in [-0.05, 0) is 168 Å². The van der Waals surface area contributed by atoms with Crippen molar-refractivity contribution in [1.82, 2.24) is 45.1 Å².